The van der Waals surface area contributed by atoms with E-state index < -0.39 is 23.5 Å². The molecule has 2 amide bonds. The number of carbonyl (C=O) groups is 1. The molecule has 9 heteroatoms. The standard InChI is InChI=1S/C17H11F3N4O2/c18-10-1-3-14(12(19)7-10)23-17(25)24-15-4-2-11(8-13(15)20)26-16-5-6-21-9-22-16/h1-9H,(H2,23,24,25). The molecule has 0 aliphatic heterocycles. The predicted molar refractivity (Wildman–Crippen MR) is 87.5 cm³/mol. The van der Waals surface area contributed by atoms with Crippen molar-refractivity contribution in [2.75, 3.05) is 10.6 Å². The molecule has 0 fully saturated rings. The molecule has 132 valence electrons. The number of hydrogen-bond donors (Lipinski definition) is 2. The van der Waals surface area contributed by atoms with Crippen molar-refractivity contribution in [2.24, 2.45) is 0 Å². The smallest absolute Gasteiger partial charge is 0.323 e. The van der Waals surface area contributed by atoms with Crippen LogP contribution < -0.4 is 15.4 Å². The molecule has 26 heavy (non-hydrogen) atoms. The molecule has 0 aliphatic carbocycles. The fourth-order valence-corrected chi connectivity index (χ4v) is 1.99. The minimum Gasteiger partial charge on any atom is -0.439 e. The summed E-state index contributed by atoms with van der Waals surface area (Å²) in [7, 11) is 0. The normalized spacial score (nSPS) is 10.3. The van der Waals surface area contributed by atoms with Gasteiger partial charge in [-0.05, 0) is 24.3 Å². The second-order valence-electron chi connectivity index (χ2n) is 4.99. The van der Waals surface area contributed by atoms with Crippen LogP contribution >= 0.6 is 0 Å². The maximum atomic E-state index is 14.1. The fraction of sp³-hybridized carbons (Fsp3) is 0. The highest BCUT2D eigenvalue weighted by atomic mass is 19.1. The lowest BCUT2D eigenvalue weighted by Crippen LogP contribution is -2.20. The zero-order chi connectivity index (χ0) is 18.5. The second kappa shape index (κ2) is 7.51. The van der Waals surface area contributed by atoms with Gasteiger partial charge in [0, 0.05) is 24.4 Å². The van der Waals surface area contributed by atoms with Crippen LogP contribution in [0.3, 0.4) is 0 Å². The van der Waals surface area contributed by atoms with Crippen LogP contribution in [0.4, 0.5) is 29.3 Å². The van der Waals surface area contributed by atoms with Crippen LogP contribution in [0, 0.1) is 17.5 Å². The number of halogens is 3. The van der Waals surface area contributed by atoms with Crippen molar-refractivity contribution in [2.45, 2.75) is 0 Å². The lowest BCUT2D eigenvalue weighted by atomic mass is 10.3. The molecule has 3 aromatic rings. The summed E-state index contributed by atoms with van der Waals surface area (Å²) < 4.78 is 45.8. The summed E-state index contributed by atoms with van der Waals surface area (Å²) in [6, 6.07) is 7.00. The largest absolute Gasteiger partial charge is 0.439 e. The number of hydrogen-bond acceptors (Lipinski definition) is 4. The van der Waals surface area contributed by atoms with Gasteiger partial charge in [0.15, 0.2) is 0 Å². The number of nitrogens with one attached hydrogen (secondary N) is 2. The van der Waals surface area contributed by atoms with Crippen molar-refractivity contribution >= 4 is 17.4 Å². The maximum Gasteiger partial charge on any atom is 0.323 e. The Morgan fingerprint density at radius 1 is 0.923 bits per heavy atom. The van der Waals surface area contributed by atoms with E-state index in [4.69, 9.17) is 4.74 Å². The van der Waals surface area contributed by atoms with Crippen LogP contribution in [0.1, 0.15) is 0 Å². The van der Waals surface area contributed by atoms with Crippen LogP contribution in [0.25, 0.3) is 0 Å². The summed E-state index contributed by atoms with van der Waals surface area (Å²) in [5, 5.41) is 4.39. The van der Waals surface area contributed by atoms with Crippen molar-refractivity contribution in [3.8, 4) is 11.6 Å². The van der Waals surface area contributed by atoms with Crippen LogP contribution in [0.15, 0.2) is 55.0 Å². The molecule has 0 saturated heterocycles. The third-order valence-electron chi connectivity index (χ3n) is 3.15. The molecule has 2 N–H and O–H groups in total. The number of anilines is 2. The highest BCUT2D eigenvalue weighted by molar-refractivity contribution is 5.99. The molecule has 2 aromatic carbocycles. The summed E-state index contributed by atoms with van der Waals surface area (Å²) in [5.74, 6) is -2.11. The molecule has 0 bridgehead atoms. The predicted octanol–water partition coefficient (Wildman–Crippen LogP) is 4.33. The number of rotatable bonds is 4. The lowest BCUT2D eigenvalue weighted by Gasteiger charge is -2.10. The molecule has 1 heterocycles. The first kappa shape index (κ1) is 17.2. The molecule has 1 aromatic heterocycles. The summed E-state index contributed by atoms with van der Waals surface area (Å²) in [6.45, 7) is 0. The van der Waals surface area contributed by atoms with Crippen LogP contribution in [-0.4, -0.2) is 16.0 Å². The molecule has 3 rings (SSSR count). The molecule has 0 atom stereocenters. The Hall–Kier alpha value is -3.62. The van der Waals surface area contributed by atoms with Crippen molar-refractivity contribution in [1.82, 2.24) is 9.97 Å². The molecule has 0 radical (unpaired) electrons. The quantitative estimate of drug-likeness (QED) is 0.726. The van der Waals surface area contributed by atoms with E-state index in [1.165, 1.54) is 30.7 Å². The first-order valence-electron chi connectivity index (χ1n) is 7.28. The Kier molecular flexibility index (Phi) is 4.97. The Morgan fingerprint density at radius 2 is 1.62 bits per heavy atom. The van der Waals surface area contributed by atoms with Crippen LogP contribution in [-0.2, 0) is 0 Å². The zero-order valence-electron chi connectivity index (χ0n) is 13.0. The second-order valence-corrected chi connectivity index (χ2v) is 4.99. The first-order chi connectivity index (χ1) is 12.5. The van der Waals surface area contributed by atoms with Gasteiger partial charge in [-0.1, -0.05) is 0 Å². The molecule has 0 spiro atoms. The van der Waals surface area contributed by atoms with E-state index in [1.807, 2.05) is 0 Å². The van der Waals surface area contributed by atoms with E-state index in [9.17, 15) is 18.0 Å². The molecule has 0 saturated carbocycles. The van der Waals surface area contributed by atoms with Gasteiger partial charge in [0.1, 0.15) is 29.5 Å². The molecule has 6 nitrogen and oxygen atoms in total. The SMILES string of the molecule is O=C(Nc1ccc(F)cc1F)Nc1ccc(Oc2ccncn2)cc1F. The Morgan fingerprint density at radius 3 is 2.23 bits per heavy atom. The van der Waals surface area contributed by atoms with Crippen molar-refractivity contribution in [3.63, 3.8) is 0 Å². The summed E-state index contributed by atoms with van der Waals surface area (Å²) in [6.07, 6.45) is 2.74. The van der Waals surface area contributed by atoms with Crippen molar-refractivity contribution < 1.29 is 22.7 Å². The Bertz CT molecular complexity index is 939. The van der Waals surface area contributed by atoms with Crippen molar-refractivity contribution in [1.29, 1.82) is 0 Å². The average molecular weight is 360 g/mol. The topological polar surface area (TPSA) is 76.1 Å². The van der Waals surface area contributed by atoms with E-state index in [0.29, 0.717) is 6.07 Å². The van der Waals surface area contributed by atoms with Gasteiger partial charge < -0.3 is 15.4 Å². The van der Waals surface area contributed by atoms with Crippen LogP contribution in [0.2, 0.25) is 0 Å². The van der Waals surface area contributed by atoms with E-state index in [2.05, 4.69) is 20.6 Å². The third kappa shape index (κ3) is 4.26. The van der Waals surface area contributed by atoms with E-state index >= 15 is 0 Å². The number of ether oxygens (including phenoxy) is 1. The lowest BCUT2D eigenvalue weighted by molar-refractivity contribution is 0.262. The van der Waals surface area contributed by atoms with Crippen molar-refractivity contribution in [3.05, 3.63) is 72.4 Å². The van der Waals surface area contributed by atoms with Gasteiger partial charge in [0.05, 0.1) is 11.4 Å². The van der Waals surface area contributed by atoms with E-state index in [0.717, 1.165) is 18.2 Å². The van der Waals surface area contributed by atoms with Crippen LogP contribution in [0.5, 0.6) is 11.6 Å². The minimum absolute atomic E-state index is 0.153. The number of carbonyl (C=O) groups excluding carboxylic acids is 1. The van der Waals surface area contributed by atoms with Gasteiger partial charge in [-0.3, -0.25) is 0 Å². The van der Waals surface area contributed by atoms with Gasteiger partial charge in [-0.15, -0.1) is 0 Å². The Labute approximate surface area is 145 Å². The van der Waals surface area contributed by atoms with Gasteiger partial charge >= 0.3 is 6.03 Å². The maximum absolute atomic E-state index is 14.1. The number of benzene rings is 2. The summed E-state index contributed by atoms with van der Waals surface area (Å²) in [4.78, 5) is 19.4. The average Bonchev–Trinajstić information content (AvgIpc) is 2.61. The number of aromatic nitrogens is 2. The Balaban J connectivity index is 1.67. The summed E-state index contributed by atoms with van der Waals surface area (Å²) >= 11 is 0. The zero-order valence-corrected chi connectivity index (χ0v) is 13.0. The van der Waals surface area contributed by atoms with E-state index in [-0.39, 0.29) is 23.0 Å². The fourth-order valence-electron chi connectivity index (χ4n) is 1.99. The minimum atomic E-state index is -0.950. The highest BCUT2D eigenvalue weighted by Crippen LogP contribution is 2.24. The van der Waals surface area contributed by atoms with Gasteiger partial charge in [-0.25, -0.2) is 27.9 Å². The van der Waals surface area contributed by atoms with Gasteiger partial charge in [0.25, 0.3) is 0 Å². The highest BCUT2D eigenvalue weighted by Gasteiger charge is 2.11. The molecule has 0 unspecified atom stereocenters. The third-order valence-corrected chi connectivity index (χ3v) is 3.15. The molecular weight excluding hydrogens is 349 g/mol. The first-order valence-corrected chi connectivity index (χ1v) is 7.28. The van der Waals surface area contributed by atoms with Gasteiger partial charge in [-0.2, -0.15) is 0 Å². The van der Waals surface area contributed by atoms with E-state index in [1.54, 1.807) is 0 Å². The monoisotopic (exact) mass is 360 g/mol. The summed E-state index contributed by atoms with van der Waals surface area (Å²) in [5.41, 5.74) is -0.395. The number of urea groups is 1. The molecular formula is C17H11F3N4O2. The molecule has 0 aliphatic rings. The number of nitrogens with zero attached hydrogens (tertiary/aromatic N) is 2. The van der Waals surface area contributed by atoms with Gasteiger partial charge in [0.2, 0.25) is 5.88 Å². The number of amides is 2.